The van der Waals surface area contributed by atoms with Crippen molar-refractivity contribution in [3.05, 3.63) is 52.2 Å². The maximum Gasteiger partial charge on any atom is 0.387 e. The highest BCUT2D eigenvalue weighted by Gasteiger charge is 2.23. The molecule has 4 rings (SSSR count). The highest BCUT2D eigenvalue weighted by atomic mass is 32.1. The number of carbonyl (C=O) groups excluding carboxylic acids is 1. The number of hydrogen-bond acceptors (Lipinski definition) is 5. The molecule has 0 aliphatic carbocycles. The summed E-state index contributed by atoms with van der Waals surface area (Å²) in [5.74, 6) is 0.296. The Morgan fingerprint density at radius 3 is 2.79 bits per heavy atom. The Hall–Kier alpha value is -2.03. The van der Waals surface area contributed by atoms with Gasteiger partial charge in [-0.25, -0.2) is 0 Å². The number of thiophene rings is 2. The highest BCUT2D eigenvalue weighted by molar-refractivity contribution is 7.27. The van der Waals surface area contributed by atoms with E-state index in [9.17, 15) is 13.6 Å². The number of nitrogens with zero attached hydrogens (tertiary/aromatic N) is 2. The van der Waals surface area contributed by atoms with E-state index in [0.29, 0.717) is 26.2 Å². The third-order valence-corrected chi connectivity index (χ3v) is 6.89. The number of hydrogen-bond donors (Lipinski definition) is 0. The van der Waals surface area contributed by atoms with Crippen LogP contribution in [0.5, 0.6) is 5.75 Å². The van der Waals surface area contributed by atoms with Crippen LogP contribution < -0.4 is 4.74 Å². The Bertz CT molecular complexity index is 928. The van der Waals surface area contributed by atoms with Crippen molar-refractivity contribution in [2.24, 2.45) is 0 Å². The fraction of sp³-hybridized carbons (Fsp3) is 0.350. The molecule has 0 radical (unpaired) electrons. The van der Waals surface area contributed by atoms with Crippen molar-refractivity contribution in [2.75, 3.05) is 26.2 Å². The first-order valence-corrected chi connectivity index (χ1v) is 10.8. The van der Waals surface area contributed by atoms with Gasteiger partial charge in [-0.3, -0.25) is 9.69 Å². The van der Waals surface area contributed by atoms with Gasteiger partial charge in [0.1, 0.15) is 5.75 Å². The van der Waals surface area contributed by atoms with Gasteiger partial charge in [0.15, 0.2) is 0 Å². The zero-order chi connectivity index (χ0) is 19.5. The van der Waals surface area contributed by atoms with Crippen LogP contribution >= 0.6 is 22.7 Å². The minimum atomic E-state index is -2.83. The Balaban J connectivity index is 1.40. The van der Waals surface area contributed by atoms with E-state index in [4.69, 9.17) is 0 Å². The monoisotopic (exact) mass is 422 g/mol. The first-order valence-electron chi connectivity index (χ1n) is 9.11. The molecule has 0 saturated carbocycles. The van der Waals surface area contributed by atoms with E-state index in [0.717, 1.165) is 32.8 Å². The maximum absolute atomic E-state index is 12.9. The lowest BCUT2D eigenvalue weighted by Gasteiger charge is -2.22. The summed E-state index contributed by atoms with van der Waals surface area (Å²) in [7, 11) is 0. The first kappa shape index (κ1) is 19.3. The summed E-state index contributed by atoms with van der Waals surface area (Å²) in [6, 6.07) is 10.9. The summed E-state index contributed by atoms with van der Waals surface area (Å²) in [4.78, 5) is 17.8. The lowest BCUT2D eigenvalue weighted by molar-refractivity contribution is -0.0507. The van der Waals surface area contributed by atoms with Gasteiger partial charge in [-0.2, -0.15) is 8.78 Å². The Morgan fingerprint density at radius 2 is 1.96 bits per heavy atom. The summed E-state index contributed by atoms with van der Waals surface area (Å²) in [5.41, 5.74) is 0.737. The average molecular weight is 423 g/mol. The van der Waals surface area contributed by atoms with E-state index in [2.05, 4.69) is 9.64 Å². The third kappa shape index (κ3) is 4.34. The van der Waals surface area contributed by atoms with Crippen LogP contribution in [0, 0.1) is 0 Å². The molecule has 28 heavy (non-hydrogen) atoms. The molecule has 1 saturated heterocycles. The SMILES string of the molecule is O=C(c1cc2sccc2s1)N1CCCN(Cc2ccccc2OC(F)F)CC1. The molecular formula is C20H20F2N2O2S2. The quantitative estimate of drug-likeness (QED) is 0.586. The van der Waals surface area contributed by atoms with Crippen LogP contribution in [0.15, 0.2) is 41.8 Å². The van der Waals surface area contributed by atoms with Gasteiger partial charge in [0, 0.05) is 47.7 Å². The largest absolute Gasteiger partial charge is 0.434 e. The lowest BCUT2D eigenvalue weighted by atomic mass is 10.2. The Kier molecular flexibility index (Phi) is 5.89. The summed E-state index contributed by atoms with van der Waals surface area (Å²) in [6.45, 7) is 0.539. The number of ether oxygens (including phenoxy) is 1. The van der Waals surface area contributed by atoms with Gasteiger partial charge in [-0.1, -0.05) is 18.2 Å². The zero-order valence-electron chi connectivity index (χ0n) is 15.1. The second-order valence-electron chi connectivity index (χ2n) is 6.67. The molecule has 1 aliphatic rings. The standard InChI is InChI=1S/C20H20F2N2O2S2/c21-20(22)26-15-5-2-1-4-14(15)13-23-7-3-8-24(10-9-23)19(25)18-12-17-16(28-18)6-11-27-17/h1-2,4-6,11-12,20H,3,7-10,13H2. The molecule has 4 nitrogen and oxygen atoms in total. The van der Waals surface area contributed by atoms with E-state index in [-0.39, 0.29) is 11.7 Å². The second-order valence-corrected chi connectivity index (χ2v) is 8.70. The molecule has 3 aromatic rings. The summed E-state index contributed by atoms with van der Waals surface area (Å²) < 4.78 is 32.2. The Morgan fingerprint density at radius 1 is 1.11 bits per heavy atom. The molecule has 8 heteroatoms. The molecule has 0 spiro atoms. The van der Waals surface area contributed by atoms with E-state index in [1.54, 1.807) is 34.8 Å². The predicted octanol–water partition coefficient (Wildman–Crippen LogP) is 4.91. The van der Waals surface area contributed by atoms with Gasteiger partial charge in [0.2, 0.25) is 0 Å². The fourth-order valence-corrected chi connectivity index (χ4v) is 5.52. The Labute approximate surface area is 169 Å². The minimum Gasteiger partial charge on any atom is -0.434 e. The molecular weight excluding hydrogens is 402 g/mol. The van der Waals surface area contributed by atoms with E-state index in [1.807, 2.05) is 34.5 Å². The zero-order valence-corrected chi connectivity index (χ0v) is 16.8. The molecule has 2 aromatic heterocycles. The number of rotatable bonds is 5. The van der Waals surface area contributed by atoms with Crippen molar-refractivity contribution < 1.29 is 18.3 Å². The van der Waals surface area contributed by atoms with Crippen LogP contribution in [0.25, 0.3) is 9.40 Å². The number of carbonyl (C=O) groups is 1. The molecule has 1 fully saturated rings. The van der Waals surface area contributed by atoms with Gasteiger partial charge in [-0.05, 0) is 30.0 Å². The molecule has 1 aromatic carbocycles. The van der Waals surface area contributed by atoms with E-state index < -0.39 is 6.61 Å². The van der Waals surface area contributed by atoms with E-state index in [1.165, 1.54) is 0 Å². The normalized spacial score (nSPS) is 15.9. The first-order chi connectivity index (χ1) is 13.6. The number of alkyl halides is 2. The lowest BCUT2D eigenvalue weighted by Crippen LogP contribution is -2.34. The topological polar surface area (TPSA) is 32.8 Å². The van der Waals surface area contributed by atoms with Crippen LogP contribution in [-0.2, 0) is 6.54 Å². The molecule has 3 heterocycles. The van der Waals surface area contributed by atoms with Gasteiger partial charge < -0.3 is 9.64 Å². The predicted molar refractivity (Wildman–Crippen MR) is 109 cm³/mol. The molecule has 0 atom stereocenters. The van der Waals surface area contributed by atoms with Gasteiger partial charge in [-0.15, -0.1) is 22.7 Å². The summed E-state index contributed by atoms with van der Waals surface area (Å²) in [5, 5.41) is 2.04. The van der Waals surface area contributed by atoms with Crippen molar-refractivity contribution in [1.29, 1.82) is 0 Å². The maximum atomic E-state index is 12.9. The number of para-hydroxylation sites is 1. The smallest absolute Gasteiger partial charge is 0.387 e. The van der Waals surface area contributed by atoms with E-state index >= 15 is 0 Å². The van der Waals surface area contributed by atoms with Crippen LogP contribution in [0.4, 0.5) is 8.78 Å². The van der Waals surface area contributed by atoms with Crippen LogP contribution in [0.1, 0.15) is 21.7 Å². The highest BCUT2D eigenvalue weighted by Crippen LogP contribution is 2.31. The molecule has 0 N–H and O–H groups in total. The third-order valence-electron chi connectivity index (χ3n) is 4.81. The van der Waals surface area contributed by atoms with Gasteiger partial charge in [0.25, 0.3) is 5.91 Å². The van der Waals surface area contributed by atoms with Crippen LogP contribution in [0.3, 0.4) is 0 Å². The van der Waals surface area contributed by atoms with Crippen LogP contribution in [0.2, 0.25) is 0 Å². The van der Waals surface area contributed by atoms with Crippen LogP contribution in [-0.4, -0.2) is 48.5 Å². The molecule has 1 aliphatic heterocycles. The molecule has 0 unspecified atom stereocenters. The number of halogens is 2. The summed E-state index contributed by atoms with van der Waals surface area (Å²) in [6.07, 6.45) is 0.851. The number of amides is 1. The second kappa shape index (κ2) is 8.55. The minimum absolute atomic E-state index is 0.0803. The van der Waals surface area contributed by atoms with Crippen molar-refractivity contribution in [3.63, 3.8) is 0 Å². The molecule has 1 amide bonds. The number of fused-ring (bicyclic) bond motifs is 1. The van der Waals surface area contributed by atoms with Crippen molar-refractivity contribution in [1.82, 2.24) is 9.80 Å². The molecule has 148 valence electrons. The van der Waals surface area contributed by atoms with Gasteiger partial charge >= 0.3 is 6.61 Å². The van der Waals surface area contributed by atoms with Gasteiger partial charge in [0.05, 0.1) is 4.88 Å². The average Bonchev–Trinajstić information content (AvgIpc) is 3.19. The fourth-order valence-electron chi connectivity index (χ4n) is 3.45. The van der Waals surface area contributed by atoms with Crippen molar-refractivity contribution in [3.8, 4) is 5.75 Å². The molecule has 0 bridgehead atoms. The van der Waals surface area contributed by atoms with Crippen molar-refractivity contribution in [2.45, 2.75) is 19.6 Å². The number of benzene rings is 1. The summed E-state index contributed by atoms with van der Waals surface area (Å²) >= 11 is 3.19. The van der Waals surface area contributed by atoms with Crippen molar-refractivity contribution >= 4 is 38.0 Å².